The van der Waals surface area contributed by atoms with Gasteiger partial charge in [-0.05, 0) is 36.5 Å². The van der Waals surface area contributed by atoms with E-state index in [0.29, 0.717) is 5.56 Å². The van der Waals surface area contributed by atoms with Crippen molar-refractivity contribution < 1.29 is 32.2 Å². The number of rotatable bonds is 7. The second-order valence-electron chi connectivity index (χ2n) is 7.80. The van der Waals surface area contributed by atoms with E-state index in [1.807, 2.05) is 0 Å². The number of aromatic nitrogens is 1. The zero-order valence-corrected chi connectivity index (χ0v) is 18.9. The number of hydrogen-bond acceptors (Lipinski definition) is 7. The molecule has 1 amide bonds. The number of sulfone groups is 1. The molecule has 3 N–H and O–H groups in total. The first-order valence-electron chi connectivity index (χ1n) is 9.94. The molecule has 1 atom stereocenters. The van der Waals surface area contributed by atoms with Gasteiger partial charge >= 0.3 is 0 Å². The summed E-state index contributed by atoms with van der Waals surface area (Å²) in [5, 5.41) is 23.0. The number of allylic oxidation sites excluding steroid dienone is 1. The minimum atomic E-state index is -3.42. The number of aliphatic hydroxyl groups is 2. The van der Waals surface area contributed by atoms with Crippen LogP contribution < -0.4 is 5.32 Å². The van der Waals surface area contributed by atoms with Gasteiger partial charge in [0.1, 0.15) is 6.10 Å². The van der Waals surface area contributed by atoms with Gasteiger partial charge in [-0.1, -0.05) is 18.2 Å². The first-order chi connectivity index (χ1) is 15.0. The topological polar surface area (TPSA) is 117 Å². The Morgan fingerprint density at radius 1 is 1.31 bits per heavy atom. The lowest BCUT2D eigenvalue weighted by Gasteiger charge is -2.27. The first-order valence-corrected chi connectivity index (χ1v) is 12.7. The summed E-state index contributed by atoms with van der Waals surface area (Å²) in [6.07, 6.45) is 1.51. The van der Waals surface area contributed by atoms with E-state index in [1.54, 1.807) is 6.08 Å². The highest BCUT2D eigenvalue weighted by Gasteiger charge is 2.34. The zero-order valence-electron chi connectivity index (χ0n) is 17.3. The van der Waals surface area contributed by atoms with Crippen LogP contribution >= 0.6 is 11.3 Å². The molecule has 11 heteroatoms. The van der Waals surface area contributed by atoms with E-state index in [-0.39, 0.29) is 52.9 Å². The number of nitrogens with one attached hydrogen (secondary N) is 1. The number of thiazole rings is 1. The monoisotopic (exact) mass is 486 g/mol. The highest BCUT2D eigenvalue weighted by atomic mass is 32.2. The van der Waals surface area contributed by atoms with Crippen molar-refractivity contribution in [3.63, 3.8) is 0 Å². The fourth-order valence-electron chi connectivity index (χ4n) is 3.40. The third-order valence-electron chi connectivity index (χ3n) is 5.26. The molecular weight excluding hydrogens is 462 g/mol. The maximum absolute atomic E-state index is 13.5. The van der Waals surface area contributed by atoms with Crippen molar-refractivity contribution in [1.82, 2.24) is 4.98 Å². The summed E-state index contributed by atoms with van der Waals surface area (Å²) >= 11 is 1.07. The van der Waals surface area contributed by atoms with Crippen LogP contribution in [0.5, 0.6) is 0 Å². The molecular formula is C21H24F2N2O5S2. The lowest BCUT2D eigenvalue weighted by atomic mass is 9.84. The Labute approximate surface area is 188 Å². The Bertz CT molecular complexity index is 1090. The molecule has 2 aromatic rings. The number of aliphatic hydroxyl groups excluding tert-OH is 2. The van der Waals surface area contributed by atoms with Gasteiger partial charge in [-0.15, -0.1) is 11.3 Å². The average Bonchev–Trinajstić information content (AvgIpc) is 3.20. The molecule has 1 saturated carbocycles. The molecule has 7 nitrogen and oxygen atoms in total. The van der Waals surface area contributed by atoms with Crippen molar-refractivity contribution in [3.05, 3.63) is 47.0 Å². The molecule has 3 rings (SSSR count). The number of halogens is 2. The standard InChI is InChI=1S/C21H24F2N2O5S2/c1-32(29,30)15-4-2-14(3-5-15)16(10-13-6-8-21(22,23)9-7-13)19(28)25-20-24-17(12-31-20)18(27)11-26/h2-5,10,12-13,18,26-27H,6-9,11H2,1H3,(H,24,25,28)/b16-10+. The van der Waals surface area contributed by atoms with Crippen LogP contribution in [-0.2, 0) is 14.6 Å². The maximum atomic E-state index is 13.5. The third kappa shape index (κ3) is 6.18. The quantitative estimate of drug-likeness (QED) is 0.517. The van der Waals surface area contributed by atoms with E-state index in [1.165, 1.54) is 29.6 Å². The number of nitrogens with zero attached hydrogens (tertiary/aromatic N) is 1. The Hall–Kier alpha value is -2.21. The summed E-state index contributed by atoms with van der Waals surface area (Å²) in [6.45, 7) is -0.513. The molecule has 1 aromatic heterocycles. The molecule has 1 unspecified atom stereocenters. The third-order valence-corrected chi connectivity index (χ3v) is 7.16. The summed E-state index contributed by atoms with van der Waals surface area (Å²) in [5.74, 6) is -3.46. The Morgan fingerprint density at radius 3 is 2.50 bits per heavy atom. The van der Waals surface area contributed by atoms with Gasteiger partial charge in [0.15, 0.2) is 15.0 Å². The van der Waals surface area contributed by atoms with Gasteiger partial charge in [-0.25, -0.2) is 22.2 Å². The summed E-state index contributed by atoms with van der Waals surface area (Å²) in [6, 6.07) is 5.78. The molecule has 1 aliphatic carbocycles. The van der Waals surface area contributed by atoms with Crippen LogP contribution in [-0.4, -0.2) is 48.3 Å². The van der Waals surface area contributed by atoms with Crippen LogP contribution in [0, 0.1) is 5.92 Å². The fourth-order valence-corrected chi connectivity index (χ4v) is 4.79. The molecule has 32 heavy (non-hydrogen) atoms. The summed E-state index contributed by atoms with van der Waals surface area (Å²) in [4.78, 5) is 17.2. The number of carbonyl (C=O) groups excluding carboxylic acids is 1. The smallest absolute Gasteiger partial charge is 0.257 e. The molecule has 0 saturated heterocycles. The summed E-state index contributed by atoms with van der Waals surface area (Å²) in [7, 11) is -3.42. The normalized spacial score (nSPS) is 18.3. The predicted molar refractivity (Wildman–Crippen MR) is 117 cm³/mol. The van der Waals surface area contributed by atoms with E-state index in [2.05, 4.69) is 10.3 Å². The van der Waals surface area contributed by atoms with Gasteiger partial charge in [0.2, 0.25) is 5.92 Å². The van der Waals surface area contributed by atoms with Gasteiger partial charge in [-0.3, -0.25) is 10.1 Å². The Morgan fingerprint density at radius 2 is 1.94 bits per heavy atom. The summed E-state index contributed by atoms with van der Waals surface area (Å²) < 4.78 is 50.5. The van der Waals surface area contributed by atoms with E-state index in [0.717, 1.165) is 17.6 Å². The van der Waals surface area contributed by atoms with E-state index < -0.39 is 34.4 Å². The van der Waals surface area contributed by atoms with E-state index in [4.69, 9.17) is 5.11 Å². The molecule has 0 spiro atoms. The number of anilines is 1. The molecule has 0 aliphatic heterocycles. The average molecular weight is 487 g/mol. The molecule has 1 heterocycles. The maximum Gasteiger partial charge on any atom is 0.257 e. The minimum absolute atomic E-state index is 0.0980. The predicted octanol–water partition coefficient (Wildman–Crippen LogP) is 3.42. The molecule has 0 radical (unpaired) electrons. The molecule has 174 valence electrons. The second-order valence-corrected chi connectivity index (χ2v) is 10.7. The zero-order chi connectivity index (χ0) is 23.5. The number of benzene rings is 1. The highest BCUT2D eigenvalue weighted by molar-refractivity contribution is 7.90. The number of hydrogen-bond donors (Lipinski definition) is 3. The van der Waals surface area contributed by atoms with Crippen molar-refractivity contribution in [3.8, 4) is 0 Å². The Kier molecular flexibility index (Phi) is 7.43. The number of carbonyl (C=O) groups is 1. The van der Waals surface area contributed by atoms with E-state index >= 15 is 0 Å². The summed E-state index contributed by atoms with van der Waals surface area (Å²) in [5.41, 5.74) is 0.879. The number of amides is 1. The van der Waals surface area contributed by atoms with E-state index in [9.17, 15) is 27.1 Å². The first kappa shape index (κ1) is 24.4. The lowest BCUT2D eigenvalue weighted by molar-refractivity contribution is -0.111. The lowest BCUT2D eigenvalue weighted by Crippen LogP contribution is -2.24. The Balaban J connectivity index is 1.88. The van der Waals surface area contributed by atoms with Gasteiger partial charge in [0.05, 0.1) is 17.2 Å². The van der Waals surface area contributed by atoms with Crippen molar-refractivity contribution >= 4 is 37.8 Å². The molecule has 1 aromatic carbocycles. The molecule has 1 fully saturated rings. The minimum Gasteiger partial charge on any atom is -0.393 e. The van der Waals surface area contributed by atoms with Gasteiger partial charge in [-0.2, -0.15) is 0 Å². The van der Waals surface area contributed by atoms with Crippen LogP contribution in [0.1, 0.15) is 43.0 Å². The number of alkyl halides is 2. The van der Waals surface area contributed by atoms with Crippen LogP contribution in [0.15, 0.2) is 40.6 Å². The van der Waals surface area contributed by atoms with Gasteiger partial charge < -0.3 is 10.2 Å². The van der Waals surface area contributed by atoms with Gasteiger partial charge in [0, 0.05) is 30.1 Å². The van der Waals surface area contributed by atoms with Crippen molar-refractivity contribution in [2.45, 2.75) is 42.6 Å². The van der Waals surface area contributed by atoms with Crippen LogP contribution in [0.4, 0.5) is 13.9 Å². The fraction of sp³-hybridized carbons (Fsp3) is 0.429. The van der Waals surface area contributed by atoms with Crippen LogP contribution in [0.3, 0.4) is 0 Å². The molecule has 1 aliphatic rings. The highest BCUT2D eigenvalue weighted by Crippen LogP contribution is 2.38. The van der Waals surface area contributed by atoms with Crippen molar-refractivity contribution in [2.75, 3.05) is 18.2 Å². The van der Waals surface area contributed by atoms with Crippen LogP contribution in [0.2, 0.25) is 0 Å². The van der Waals surface area contributed by atoms with Crippen molar-refractivity contribution in [2.24, 2.45) is 5.92 Å². The molecule has 0 bridgehead atoms. The SMILES string of the molecule is CS(=O)(=O)c1ccc(/C(=C\C2CCC(F)(F)CC2)C(=O)Nc2nc(C(O)CO)cs2)cc1. The van der Waals surface area contributed by atoms with Crippen LogP contribution in [0.25, 0.3) is 5.57 Å². The van der Waals surface area contributed by atoms with Gasteiger partial charge in [0.25, 0.3) is 5.91 Å². The second kappa shape index (κ2) is 9.74. The largest absolute Gasteiger partial charge is 0.393 e. The van der Waals surface area contributed by atoms with Crippen molar-refractivity contribution in [1.29, 1.82) is 0 Å².